The van der Waals surface area contributed by atoms with Crippen molar-refractivity contribution in [1.82, 2.24) is 19.6 Å². The monoisotopic (exact) mass is 253 g/mol. The van der Waals surface area contributed by atoms with Crippen LogP contribution in [0.25, 0.3) is 5.69 Å². The van der Waals surface area contributed by atoms with Crippen LogP contribution in [0.15, 0.2) is 55.0 Å². The summed E-state index contributed by atoms with van der Waals surface area (Å²) in [7, 11) is 1.86. The first-order valence-corrected chi connectivity index (χ1v) is 6.14. The van der Waals surface area contributed by atoms with Gasteiger partial charge in [-0.25, -0.2) is 0 Å². The molecule has 3 rings (SSSR count). The zero-order chi connectivity index (χ0) is 13.1. The van der Waals surface area contributed by atoms with E-state index in [1.807, 2.05) is 49.9 Å². The highest BCUT2D eigenvalue weighted by molar-refractivity contribution is 5.51. The highest BCUT2D eigenvalue weighted by Crippen LogP contribution is 2.15. The van der Waals surface area contributed by atoms with Crippen molar-refractivity contribution in [2.24, 2.45) is 7.05 Å². The van der Waals surface area contributed by atoms with Crippen LogP contribution in [0.5, 0.6) is 0 Å². The van der Waals surface area contributed by atoms with Crippen LogP contribution in [0.1, 0.15) is 5.69 Å². The van der Waals surface area contributed by atoms with Gasteiger partial charge in [-0.3, -0.25) is 4.68 Å². The number of aryl methyl sites for hydroxylation is 1. The van der Waals surface area contributed by atoms with E-state index in [1.54, 1.807) is 4.68 Å². The number of hydrogen-bond donors (Lipinski definition) is 1. The molecule has 1 aromatic carbocycles. The smallest absolute Gasteiger partial charge is 0.102 e. The van der Waals surface area contributed by atoms with Gasteiger partial charge in [-0.05, 0) is 30.3 Å². The molecule has 0 amide bonds. The van der Waals surface area contributed by atoms with Gasteiger partial charge in [0.25, 0.3) is 0 Å². The van der Waals surface area contributed by atoms with Crippen LogP contribution in [0.2, 0.25) is 0 Å². The van der Waals surface area contributed by atoms with Crippen molar-refractivity contribution in [3.05, 3.63) is 60.7 Å². The van der Waals surface area contributed by atoms with Crippen molar-refractivity contribution in [2.75, 3.05) is 5.32 Å². The zero-order valence-corrected chi connectivity index (χ0v) is 10.7. The molecule has 0 bridgehead atoms. The number of rotatable bonds is 4. The lowest BCUT2D eigenvalue weighted by Crippen LogP contribution is -2.00. The van der Waals surface area contributed by atoms with Crippen LogP contribution in [0.4, 0.5) is 5.69 Å². The zero-order valence-electron chi connectivity index (χ0n) is 10.7. The quantitative estimate of drug-likeness (QED) is 0.775. The number of benzene rings is 1. The molecule has 3 aromatic rings. The molecule has 0 aliphatic rings. The Morgan fingerprint density at radius 1 is 1.16 bits per heavy atom. The first-order valence-electron chi connectivity index (χ1n) is 6.14. The third-order valence-electron chi connectivity index (χ3n) is 2.87. The molecule has 0 saturated carbocycles. The summed E-state index contributed by atoms with van der Waals surface area (Å²) in [4.78, 5) is 0. The fourth-order valence-electron chi connectivity index (χ4n) is 1.95. The maximum absolute atomic E-state index is 4.05. The van der Waals surface area contributed by atoms with Crippen LogP contribution < -0.4 is 5.32 Å². The molecule has 2 heterocycles. The van der Waals surface area contributed by atoms with Gasteiger partial charge in [0.05, 0.1) is 6.54 Å². The van der Waals surface area contributed by atoms with Crippen LogP contribution in [-0.4, -0.2) is 19.6 Å². The lowest BCUT2D eigenvalue weighted by Gasteiger charge is -2.07. The Morgan fingerprint density at radius 3 is 2.74 bits per heavy atom. The molecule has 5 heteroatoms. The van der Waals surface area contributed by atoms with E-state index in [1.165, 1.54) is 0 Å². The van der Waals surface area contributed by atoms with Gasteiger partial charge in [-0.1, -0.05) is 11.3 Å². The van der Waals surface area contributed by atoms with Crippen molar-refractivity contribution in [3.8, 4) is 5.69 Å². The highest BCUT2D eigenvalue weighted by atomic mass is 15.4. The summed E-state index contributed by atoms with van der Waals surface area (Å²) in [5.74, 6) is 0. The number of anilines is 1. The molecule has 19 heavy (non-hydrogen) atoms. The Hall–Kier alpha value is -2.56. The number of nitrogens with zero attached hydrogens (tertiary/aromatic N) is 4. The minimum atomic E-state index is 0.670. The van der Waals surface area contributed by atoms with Crippen molar-refractivity contribution in [1.29, 1.82) is 0 Å². The second-order valence-electron chi connectivity index (χ2n) is 4.38. The van der Waals surface area contributed by atoms with Crippen LogP contribution in [0, 0.1) is 0 Å². The summed E-state index contributed by atoms with van der Waals surface area (Å²) in [6, 6.07) is 12.3. The van der Waals surface area contributed by atoms with Gasteiger partial charge >= 0.3 is 0 Å². The summed E-state index contributed by atoms with van der Waals surface area (Å²) < 4.78 is 3.78. The van der Waals surface area contributed by atoms with Crippen LogP contribution >= 0.6 is 0 Å². The molecule has 1 N–H and O–H groups in total. The second kappa shape index (κ2) is 4.97. The normalized spacial score (nSPS) is 10.6. The fraction of sp³-hybridized carbons (Fsp3) is 0.143. The van der Waals surface area contributed by atoms with Crippen molar-refractivity contribution >= 4 is 5.69 Å². The summed E-state index contributed by atoms with van der Waals surface area (Å²) >= 11 is 0. The van der Waals surface area contributed by atoms with Crippen molar-refractivity contribution in [2.45, 2.75) is 6.54 Å². The van der Waals surface area contributed by atoms with E-state index in [0.29, 0.717) is 6.54 Å². The van der Waals surface area contributed by atoms with Gasteiger partial charge in [-0.15, -0.1) is 5.10 Å². The standard InChI is InChI=1S/C14H15N5/c1-18-11-13(16-17-18)10-15-12-5-4-6-14(9-12)19-7-2-3-8-19/h2-9,11,15H,10H2,1H3. The molecule has 0 fully saturated rings. The van der Waals surface area contributed by atoms with Crippen LogP contribution in [0.3, 0.4) is 0 Å². The minimum Gasteiger partial charge on any atom is -0.379 e. The van der Waals surface area contributed by atoms with Gasteiger partial charge in [0.1, 0.15) is 5.69 Å². The largest absolute Gasteiger partial charge is 0.379 e. The highest BCUT2D eigenvalue weighted by Gasteiger charge is 2.00. The topological polar surface area (TPSA) is 47.7 Å². The Balaban J connectivity index is 1.73. The molecule has 0 saturated heterocycles. The van der Waals surface area contributed by atoms with Gasteiger partial charge in [0, 0.05) is 37.0 Å². The molecule has 0 unspecified atom stereocenters. The summed E-state index contributed by atoms with van der Waals surface area (Å²) in [5.41, 5.74) is 3.12. The molecule has 0 aliphatic heterocycles. The Bertz CT molecular complexity index is 654. The van der Waals surface area contributed by atoms with Crippen molar-refractivity contribution in [3.63, 3.8) is 0 Å². The van der Waals surface area contributed by atoms with E-state index in [9.17, 15) is 0 Å². The average Bonchev–Trinajstić information content (AvgIpc) is 3.08. The molecule has 0 atom stereocenters. The van der Waals surface area contributed by atoms with Crippen molar-refractivity contribution < 1.29 is 0 Å². The Morgan fingerprint density at radius 2 is 2.00 bits per heavy atom. The average molecular weight is 253 g/mol. The van der Waals surface area contributed by atoms with Gasteiger partial charge < -0.3 is 9.88 Å². The van der Waals surface area contributed by atoms with E-state index in [4.69, 9.17) is 0 Å². The van der Waals surface area contributed by atoms with E-state index < -0.39 is 0 Å². The number of hydrogen-bond acceptors (Lipinski definition) is 3. The van der Waals surface area contributed by atoms with Gasteiger partial charge in [0.2, 0.25) is 0 Å². The molecule has 0 radical (unpaired) electrons. The lowest BCUT2D eigenvalue weighted by atomic mass is 10.2. The third-order valence-corrected chi connectivity index (χ3v) is 2.87. The van der Waals surface area contributed by atoms with Gasteiger partial charge in [0.15, 0.2) is 0 Å². The molecule has 0 aliphatic carbocycles. The second-order valence-corrected chi connectivity index (χ2v) is 4.38. The van der Waals surface area contributed by atoms with E-state index in [0.717, 1.165) is 17.1 Å². The Labute approximate surface area is 111 Å². The fourth-order valence-corrected chi connectivity index (χ4v) is 1.95. The SMILES string of the molecule is Cn1cc(CNc2cccc(-n3cccc3)c2)nn1. The van der Waals surface area contributed by atoms with E-state index in [2.05, 4.69) is 32.3 Å². The maximum Gasteiger partial charge on any atom is 0.102 e. The third kappa shape index (κ3) is 2.65. The predicted octanol–water partition coefficient (Wildman–Crippen LogP) is 2.22. The first kappa shape index (κ1) is 11.5. The van der Waals surface area contributed by atoms with E-state index >= 15 is 0 Å². The lowest BCUT2D eigenvalue weighted by molar-refractivity contribution is 0.713. The summed E-state index contributed by atoms with van der Waals surface area (Å²) in [5, 5.41) is 11.3. The minimum absolute atomic E-state index is 0.670. The first-order chi connectivity index (χ1) is 9.31. The van der Waals surface area contributed by atoms with Gasteiger partial charge in [-0.2, -0.15) is 0 Å². The molecule has 2 aromatic heterocycles. The van der Waals surface area contributed by atoms with E-state index in [-0.39, 0.29) is 0 Å². The molecule has 5 nitrogen and oxygen atoms in total. The molecule has 0 spiro atoms. The maximum atomic E-state index is 4.05. The number of aromatic nitrogens is 4. The molecular weight excluding hydrogens is 238 g/mol. The van der Waals surface area contributed by atoms with Crippen LogP contribution in [-0.2, 0) is 13.6 Å². The number of nitrogens with one attached hydrogen (secondary N) is 1. The predicted molar refractivity (Wildman–Crippen MR) is 74.1 cm³/mol. The molecule has 96 valence electrons. The summed E-state index contributed by atoms with van der Waals surface area (Å²) in [6.07, 6.45) is 5.96. The Kier molecular flexibility index (Phi) is 3.02. The summed E-state index contributed by atoms with van der Waals surface area (Å²) in [6.45, 7) is 0.670. The molecular formula is C14H15N5.